The van der Waals surface area contributed by atoms with Gasteiger partial charge in [-0.05, 0) is 42.5 Å². The molecule has 0 atom stereocenters. The summed E-state index contributed by atoms with van der Waals surface area (Å²) in [6.45, 7) is 0.445. The summed E-state index contributed by atoms with van der Waals surface area (Å²) < 4.78 is 69.7. The molecule has 0 spiro atoms. The molecule has 0 amide bonds. The number of aromatic amines is 1. The summed E-state index contributed by atoms with van der Waals surface area (Å²) in [6, 6.07) is 15.9. The van der Waals surface area contributed by atoms with E-state index in [2.05, 4.69) is 30.3 Å². The first kappa shape index (κ1) is 25.3. The molecule has 1 N–H and O–H groups in total. The van der Waals surface area contributed by atoms with Gasteiger partial charge in [0.1, 0.15) is 5.82 Å². The molecule has 0 aliphatic carbocycles. The van der Waals surface area contributed by atoms with Crippen LogP contribution in [-0.2, 0) is 19.3 Å². The van der Waals surface area contributed by atoms with Gasteiger partial charge in [0.2, 0.25) is 0 Å². The molecule has 6 rings (SSSR count). The zero-order valence-electron chi connectivity index (χ0n) is 20.5. The number of hydrogen-bond acceptors (Lipinski definition) is 6. The average molecular weight is 547 g/mol. The van der Waals surface area contributed by atoms with E-state index in [4.69, 9.17) is 0 Å². The molecule has 0 unspecified atom stereocenters. The number of nitrogens with one attached hydrogen (secondary N) is 1. The molecule has 0 radical (unpaired) electrons. The minimum atomic E-state index is -4.61. The largest absolute Gasteiger partial charge is 0.417 e. The van der Waals surface area contributed by atoms with Crippen LogP contribution in [0.15, 0.2) is 78.0 Å². The van der Waals surface area contributed by atoms with E-state index in [1.165, 1.54) is 36.7 Å². The minimum absolute atomic E-state index is 0.00194. The SMILES string of the molecule is Fc1cccc(-c2nc3c([nH]2)C=NN(Cc2ccc(-c4ccc(-c5ccccn5)cc4C(F)(F)F)nn2)C3)c1F. The van der Waals surface area contributed by atoms with E-state index in [-0.39, 0.29) is 35.7 Å². The van der Waals surface area contributed by atoms with E-state index >= 15 is 0 Å². The number of fused-ring (bicyclic) bond motifs is 1. The highest BCUT2D eigenvalue weighted by molar-refractivity contribution is 5.81. The van der Waals surface area contributed by atoms with Gasteiger partial charge in [0.05, 0.1) is 58.9 Å². The van der Waals surface area contributed by atoms with Gasteiger partial charge in [-0.15, -0.1) is 0 Å². The highest BCUT2D eigenvalue weighted by Gasteiger charge is 2.34. The van der Waals surface area contributed by atoms with Crippen molar-refractivity contribution in [2.45, 2.75) is 19.3 Å². The molecule has 0 saturated heterocycles. The number of H-pyrrole nitrogens is 1. The summed E-state index contributed by atoms with van der Waals surface area (Å²) in [5.74, 6) is -1.80. The molecule has 12 heteroatoms. The molecule has 40 heavy (non-hydrogen) atoms. The molecule has 0 saturated carbocycles. The van der Waals surface area contributed by atoms with Crippen LogP contribution in [0.1, 0.15) is 22.6 Å². The summed E-state index contributed by atoms with van der Waals surface area (Å²) in [4.78, 5) is 11.5. The molecule has 1 aliphatic heterocycles. The number of nitrogens with zero attached hydrogens (tertiary/aromatic N) is 6. The van der Waals surface area contributed by atoms with Crippen molar-refractivity contribution in [3.63, 3.8) is 0 Å². The molecular formula is C28H18F5N7. The average Bonchev–Trinajstić information content (AvgIpc) is 3.38. The second kappa shape index (κ2) is 9.95. The fraction of sp³-hybridized carbons (Fsp3) is 0.107. The van der Waals surface area contributed by atoms with E-state index in [1.54, 1.807) is 35.3 Å². The Morgan fingerprint density at radius 2 is 1.75 bits per heavy atom. The number of hydrazone groups is 1. The second-order valence-corrected chi connectivity index (χ2v) is 9.00. The lowest BCUT2D eigenvalue weighted by Gasteiger charge is -2.20. The Labute approximate surface area is 224 Å². The Morgan fingerprint density at radius 3 is 2.50 bits per heavy atom. The third kappa shape index (κ3) is 4.91. The van der Waals surface area contributed by atoms with Crippen LogP contribution >= 0.6 is 0 Å². The van der Waals surface area contributed by atoms with E-state index in [9.17, 15) is 22.0 Å². The Bertz CT molecular complexity index is 1710. The molecular weight excluding hydrogens is 529 g/mol. The van der Waals surface area contributed by atoms with Gasteiger partial charge in [0.15, 0.2) is 11.6 Å². The molecule has 7 nitrogen and oxygen atoms in total. The molecule has 200 valence electrons. The summed E-state index contributed by atoms with van der Waals surface area (Å²) in [6.07, 6.45) is -1.59. The highest BCUT2D eigenvalue weighted by Crippen LogP contribution is 2.38. The zero-order chi connectivity index (χ0) is 27.9. The molecule has 1 aliphatic rings. The number of pyridine rings is 1. The van der Waals surface area contributed by atoms with Crippen molar-refractivity contribution >= 4 is 6.21 Å². The molecule has 4 heterocycles. The monoisotopic (exact) mass is 547 g/mol. The number of alkyl halides is 3. The van der Waals surface area contributed by atoms with E-state index in [0.29, 0.717) is 28.3 Å². The Hall–Kier alpha value is -5.00. The number of benzene rings is 2. The molecule has 2 aromatic carbocycles. The quantitative estimate of drug-likeness (QED) is 0.263. The van der Waals surface area contributed by atoms with Crippen LogP contribution in [0.5, 0.6) is 0 Å². The summed E-state index contributed by atoms with van der Waals surface area (Å²) >= 11 is 0. The lowest BCUT2D eigenvalue weighted by molar-refractivity contribution is -0.137. The van der Waals surface area contributed by atoms with Gasteiger partial charge in [0, 0.05) is 17.3 Å². The lowest BCUT2D eigenvalue weighted by atomic mass is 9.99. The van der Waals surface area contributed by atoms with Crippen molar-refractivity contribution < 1.29 is 22.0 Å². The van der Waals surface area contributed by atoms with Crippen molar-refractivity contribution in [1.29, 1.82) is 0 Å². The van der Waals surface area contributed by atoms with Crippen LogP contribution in [0.4, 0.5) is 22.0 Å². The highest BCUT2D eigenvalue weighted by atomic mass is 19.4. The number of aromatic nitrogens is 5. The predicted molar refractivity (Wildman–Crippen MR) is 136 cm³/mol. The van der Waals surface area contributed by atoms with Crippen LogP contribution < -0.4 is 0 Å². The van der Waals surface area contributed by atoms with Crippen molar-refractivity contribution in [2.24, 2.45) is 5.10 Å². The van der Waals surface area contributed by atoms with Gasteiger partial charge in [-0.1, -0.05) is 24.3 Å². The Kier molecular flexibility index (Phi) is 6.29. The van der Waals surface area contributed by atoms with Crippen molar-refractivity contribution in [1.82, 2.24) is 30.2 Å². The third-order valence-electron chi connectivity index (χ3n) is 6.33. The number of rotatable bonds is 5. The Morgan fingerprint density at radius 1 is 0.875 bits per heavy atom. The molecule has 5 aromatic rings. The first-order valence-corrected chi connectivity index (χ1v) is 12.0. The van der Waals surface area contributed by atoms with E-state index in [1.807, 2.05) is 0 Å². The fourth-order valence-electron chi connectivity index (χ4n) is 4.38. The van der Waals surface area contributed by atoms with Crippen LogP contribution in [0, 0.1) is 11.6 Å². The van der Waals surface area contributed by atoms with E-state index < -0.39 is 23.4 Å². The van der Waals surface area contributed by atoms with Crippen LogP contribution in [-0.4, -0.2) is 36.4 Å². The summed E-state index contributed by atoms with van der Waals surface area (Å²) in [5.41, 5.74) is 1.50. The molecule has 0 bridgehead atoms. The van der Waals surface area contributed by atoms with Gasteiger partial charge >= 0.3 is 6.18 Å². The predicted octanol–water partition coefficient (Wildman–Crippen LogP) is 6.24. The minimum Gasteiger partial charge on any atom is -0.337 e. The van der Waals surface area contributed by atoms with Crippen LogP contribution in [0.3, 0.4) is 0 Å². The van der Waals surface area contributed by atoms with Gasteiger partial charge in [-0.2, -0.15) is 28.5 Å². The number of hydrogen-bond donors (Lipinski definition) is 1. The van der Waals surface area contributed by atoms with Crippen molar-refractivity contribution in [3.05, 3.63) is 107 Å². The third-order valence-corrected chi connectivity index (χ3v) is 6.33. The topological polar surface area (TPSA) is 83.0 Å². The number of halogens is 5. The van der Waals surface area contributed by atoms with Crippen molar-refractivity contribution in [3.8, 4) is 33.9 Å². The zero-order valence-corrected chi connectivity index (χ0v) is 20.5. The first-order chi connectivity index (χ1) is 19.3. The maximum absolute atomic E-state index is 14.2. The van der Waals surface area contributed by atoms with Crippen LogP contribution in [0.25, 0.3) is 33.9 Å². The van der Waals surface area contributed by atoms with Gasteiger partial charge in [0.25, 0.3) is 0 Å². The number of imidazole rings is 1. The molecule has 3 aromatic heterocycles. The maximum Gasteiger partial charge on any atom is 0.417 e. The van der Waals surface area contributed by atoms with Gasteiger partial charge in [-0.25, -0.2) is 13.8 Å². The Balaban J connectivity index is 1.20. The van der Waals surface area contributed by atoms with E-state index in [0.717, 1.165) is 12.1 Å². The lowest BCUT2D eigenvalue weighted by Crippen LogP contribution is -2.22. The normalized spacial score (nSPS) is 13.0. The second-order valence-electron chi connectivity index (χ2n) is 9.00. The smallest absolute Gasteiger partial charge is 0.337 e. The summed E-state index contributed by atoms with van der Waals surface area (Å²) in [7, 11) is 0. The standard InChI is InChI=1S/C28H18F5N7/c29-21-5-3-4-19(26(21)30)27-36-24-13-35-40(15-25(24)37-27)14-17-8-10-23(39-38-17)18-9-7-16(12-20(18)28(31,32)33)22-6-1-2-11-34-22/h1-13H,14-15H2,(H,36,37). The summed E-state index contributed by atoms with van der Waals surface area (Å²) in [5, 5.41) is 14.1. The van der Waals surface area contributed by atoms with Gasteiger partial charge < -0.3 is 4.98 Å². The van der Waals surface area contributed by atoms with Crippen LogP contribution in [0.2, 0.25) is 0 Å². The fourth-order valence-corrected chi connectivity index (χ4v) is 4.38. The molecule has 0 fully saturated rings. The maximum atomic E-state index is 14.2. The first-order valence-electron chi connectivity index (χ1n) is 12.0. The van der Waals surface area contributed by atoms with Gasteiger partial charge in [-0.3, -0.25) is 9.99 Å². The van der Waals surface area contributed by atoms with Crippen molar-refractivity contribution in [2.75, 3.05) is 0 Å².